The van der Waals surface area contributed by atoms with Crippen molar-refractivity contribution in [2.75, 3.05) is 18.9 Å². The van der Waals surface area contributed by atoms with Crippen molar-refractivity contribution in [2.24, 2.45) is 0 Å². The summed E-state index contributed by atoms with van der Waals surface area (Å²) in [6.45, 7) is 6.61. The van der Waals surface area contributed by atoms with E-state index < -0.39 is 0 Å². The largest absolute Gasteiger partial charge is 0.333 e. The highest BCUT2D eigenvalue weighted by atomic mass is 79.9. The first-order valence-electron chi connectivity index (χ1n) is 10.3. The molecule has 7 heteroatoms. The van der Waals surface area contributed by atoms with Crippen LogP contribution in [-0.4, -0.2) is 40.1 Å². The Bertz CT molecular complexity index is 1150. The lowest BCUT2D eigenvalue weighted by Gasteiger charge is -2.15. The van der Waals surface area contributed by atoms with E-state index in [-0.39, 0.29) is 18.4 Å². The molecule has 0 spiro atoms. The standard InChI is InChI=1S/C25H27BrN4O2/c1-17-9-11-20(12-10-17)15-30-19(3)21(18(2)28-30)13-14-25(32)29(4)16-24(31)27-23-8-6-5-7-22(23)26/h5-14H,15-16H2,1-4H3,(H,27,31)/b14-13+. The van der Waals surface area contributed by atoms with Crippen LogP contribution < -0.4 is 5.32 Å². The maximum atomic E-state index is 12.5. The van der Waals surface area contributed by atoms with Gasteiger partial charge in [-0.15, -0.1) is 0 Å². The first-order valence-corrected chi connectivity index (χ1v) is 11.1. The number of aromatic nitrogens is 2. The topological polar surface area (TPSA) is 67.2 Å². The number of benzene rings is 2. The summed E-state index contributed by atoms with van der Waals surface area (Å²) in [5, 5.41) is 7.43. The molecule has 166 valence electrons. The number of carbonyl (C=O) groups excluding carboxylic acids is 2. The lowest BCUT2D eigenvalue weighted by molar-refractivity contribution is -0.129. The number of nitrogens with zero attached hydrogens (tertiary/aromatic N) is 3. The molecular weight excluding hydrogens is 468 g/mol. The molecule has 6 nitrogen and oxygen atoms in total. The van der Waals surface area contributed by atoms with Crippen molar-refractivity contribution in [3.05, 3.63) is 87.2 Å². The molecular formula is C25H27BrN4O2. The quantitative estimate of drug-likeness (QED) is 0.482. The predicted molar refractivity (Wildman–Crippen MR) is 131 cm³/mol. The molecule has 0 unspecified atom stereocenters. The van der Waals surface area contributed by atoms with E-state index in [2.05, 4.69) is 57.5 Å². The highest BCUT2D eigenvalue weighted by Crippen LogP contribution is 2.21. The van der Waals surface area contributed by atoms with Crippen LogP contribution in [0.25, 0.3) is 6.08 Å². The van der Waals surface area contributed by atoms with Crippen LogP contribution in [-0.2, 0) is 16.1 Å². The molecule has 0 aliphatic carbocycles. The van der Waals surface area contributed by atoms with Gasteiger partial charge >= 0.3 is 0 Å². The lowest BCUT2D eigenvalue weighted by atomic mass is 10.1. The molecule has 0 aliphatic heterocycles. The number of para-hydroxylation sites is 1. The number of hydrogen-bond donors (Lipinski definition) is 1. The van der Waals surface area contributed by atoms with Crippen LogP contribution in [0.3, 0.4) is 0 Å². The van der Waals surface area contributed by atoms with E-state index in [1.54, 1.807) is 19.2 Å². The van der Waals surface area contributed by atoms with Gasteiger partial charge in [-0.25, -0.2) is 0 Å². The van der Waals surface area contributed by atoms with Crippen molar-refractivity contribution in [1.82, 2.24) is 14.7 Å². The van der Waals surface area contributed by atoms with Crippen molar-refractivity contribution in [2.45, 2.75) is 27.3 Å². The molecule has 3 aromatic rings. The summed E-state index contributed by atoms with van der Waals surface area (Å²) in [4.78, 5) is 26.2. The lowest BCUT2D eigenvalue weighted by Crippen LogP contribution is -2.33. The summed E-state index contributed by atoms with van der Waals surface area (Å²) < 4.78 is 2.73. The van der Waals surface area contributed by atoms with E-state index in [4.69, 9.17) is 0 Å². The van der Waals surface area contributed by atoms with Crippen LogP contribution in [0.15, 0.2) is 59.1 Å². The summed E-state index contributed by atoms with van der Waals surface area (Å²) in [5.41, 5.74) is 5.81. The van der Waals surface area contributed by atoms with Crippen LogP contribution in [0.4, 0.5) is 5.69 Å². The first-order chi connectivity index (χ1) is 15.2. The molecule has 0 bridgehead atoms. The number of carbonyl (C=O) groups is 2. The summed E-state index contributed by atoms with van der Waals surface area (Å²) in [6.07, 6.45) is 3.26. The highest BCUT2D eigenvalue weighted by molar-refractivity contribution is 9.10. The fraction of sp³-hybridized carbons (Fsp3) is 0.240. The zero-order valence-corrected chi connectivity index (χ0v) is 20.3. The molecule has 32 heavy (non-hydrogen) atoms. The molecule has 3 rings (SSSR count). The second-order valence-corrected chi connectivity index (χ2v) is 8.64. The minimum atomic E-state index is -0.264. The average Bonchev–Trinajstić information content (AvgIpc) is 3.02. The van der Waals surface area contributed by atoms with Crippen LogP contribution in [0, 0.1) is 20.8 Å². The van der Waals surface area contributed by atoms with Crippen LogP contribution in [0.2, 0.25) is 0 Å². The Balaban J connectivity index is 1.63. The minimum Gasteiger partial charge on any atom is -0.333 e. The van der Waals surface area contributed by atoms with Gasteiger partial charge in [0.05, 0.1) is 24.5 Å². The molecule has 0 saturated carbocycles. The third-order valence-corrected chi connectivity index (χ3v) is 5.88. The van der Waals surface area contributed by atoms with E-state index in [0.717, 1.165) is 21.4 Å². The predicted octanol–water partition coefficient (Wildman–Crippen LogP) is 4.73. The Morgan fingerprint density at radius 2 is 1.78 bits per heavy atom. The van der Waals surface area contributed by atoms with Gasteiger partial charge in [0.1, 0.15) is 0 Å². The summed E-state index contributed by atoms with van der Waals surface area (Å²) in [7, 11) is 1.60. The van der Waals surface area contributed by atoms with Gasteiger partial charge in [-0.1, -0.05) is 42.0 Å². The third-order valence-electron chi connectivity index (χ3n) is 5.19. The number of halogens is 1. The summed E-state index contributed by atoms with van der Waals surface area (Å²) in [5.74, 6) is -0.517. The number of amides is 2. The fourth-order valence-corrected chi connectivity index (χ4v) is 3.68. The van der Waals surface area contributed by atoms with Crippen molar-refractivity contribution >= 4 is 39.5 Å². The van der Waals surface area contributed by atoms with Crippen LogP contribution in [0.5, 0.6) is 0 Å². The number of aryl methyl sites for hydroxylation is 2. The monoisotopic (exact) mass is 494 g/mol. The van der Waals surface area contributed by atoms with Gasteiger partial charge in [0.2, 0.25) is 11.8 Å². The molecule has 1 heterocycles. The van der Waals surface area contributed by atoms with E-state index in [1.165, 1.54) is 22.1 Å². The van der Waals surface area contributed by atoms with Gasteiger partial charge in [-0.3, -0.25) is 14.3 Å². The van der Waals surface area contributed by atoms with Gasteiger partial charge in [0, 0.05) is 28.9 Å². The Kier molecular flexibility index (Phi) is 7.64. The second kappa shape index (κ2) is 10.4. The van der Waals surface area contributed by atoms with Crippen molar-refractivity contribution in [3.8, 4) is 0 Å². The molecule has 2 amide bonds. The Labute approximate surface area is 197 Å². The number of hydrogen-bond acceptors (Lipinski definition) is 3. The van der Waals surface area contributed by atoms with Gasteiger partial charge in [0.15, 0.2) is 0 Å². The first kappa shape index (κ1) is 23.5. The molecule has 1 aromatic heterocycles. The normalized spacial score (nSPS) is 11.0. The van der Waals surface area contributed by atoms with Gasteiger partial charge in [-0.2, -0.15) is 5.10 Å². The molecule has 1 N–H and O–H groups in total. The third kappa shape index (κ3) is 5.95. The molecule has 0 aliphatic rings. The summed E-state index contributed by atoms with van der Waals surface area (Å²) >= 11 is 3.40. The number of anilines is 1. The minimum absolute atomic E-state index is 0.0465. The van der Waals surface area contributed by atoms with E-state index in [1.807, 2.05) is 36.7 Å². The number of rotatable bonds is 7. The van der Waals surface area contributed by atoms with E-state index in [0.29, 0.717) is 12.2 Å². The highest BCUT2D eigenvalue weighted by Gasteiger charge is 2.14. The Morgan fingerprint density at radius 3 is 2.47 bits per heavy atom. The summed E-state index contributed by atoms with van der Waals surface area (Å²) in [6, 6.07) is 15.7. The van der Waals surface area contributed by atoms with Gasteiger partial charge in [0.25, 0.3) is 0 Å². The second-order valence-electron chi connectivity index (χ2n) is 7.78. The van der Waals surface area contributed by atoms with Crippen LogP contribution >= 0.6 is 15.9 Å². The molecule has 0 fully saturated rings. The van der Waals surface area contributed by atoms with Gasteiger partial charge in [-0.05, 0) is 60.5 Å². The van der Waals surface area contributed by atoms with E-state index in [9.17, 15) is 9.59 Å². The van der Waals surface area contributed by atoms with Crippen molar-refractivity contribution in [3.63, 3.8) is 0 Å². The maximum Gasteiger partial charge on any atom is 0.246 e. The zero-order chi connectivity index (χ0) is 23.3. The Morgan fingerprint density at radius 1 is 1.09 bits per heavy atom. The number of likely N-dealkylation sites (N-methyl/N-ethyl adjacent to an activating group) is 1. The maximum absolute atomic E-state index is 12.5. The van der Waals surface area contributed by atoms with E-state index >= 15 is 0 Å². The molecule has 0 radical (unpaired) electrons. The number of nitrogens with one attached hydrogen (secondary N) is 1. The fourth-order valence-electron chi connectivity index (χ4n) is 3.30. The molecule has 0 atom stereocenters. The Hall–Kier alpha value is -3.19. The molecule has 0 saturated heterocycles. The zero-order valence-electron chi connectivity index (χ0n) is 18.7. The molecule has 2 aromatic carbocycles. The average molecular weight is 495 g/mol. The van der Waals surface area contributed by atoms with Crippen molar-refractivity contribution < 1.29 is 9.59 Å². The van der Waals surface area contributed by atoms with Crippen LogP contribution in [0.1, 0.15) is 28.1 Å². The van der Waals surface area contributed by atoms with Crippen molar-refractivity contribution in [1.29, 1.82) is 0 Å². The van der Waals surface area contributed by atoms with Gasteiger partial charge < -0.3 is 10.2 Å². The SMILES string of the molecule is Cc1ccc(Cn2nc(C)c(/C=C/C(=O)N(C)CC(=O)Nc3ccccc3Br)c2C)cc1. The smallest absolute Gasteiger partial charge is 0.246 e.